The van der Waals surface area contributed by atoms with E-state index in [1.165, 1.54) is 21.7 Å². The van der Waals surface area contributed by atoms with E-state index in [0.717, 1.165) is 11.9 Å². The summed E-state index contributed by atoms with van der Waals surface area (Å²) in [5.41, 5.74) is 2.63. The number of ether oxygens (including phenoxy) is 1. The van der Waals surface area contributed by atoms with Crippen molar-refractivity contribution in [3.63, 3.8) is 0 Å². The van der Waals surface area contributed by atoms with Crippen LogP contribution >= 0.6 is 7.92 Å². The molecule has 0 bridgehead atoms. The van der Waals surface area contributed by atoms with Crippen LogP contribution in [0.2, 0.25) is 0 Å². The Hall–Kier alpha value is -2.05. The van der Waals surface area contributed by atoms with Crippen LogP contribution in [0.4, 0.5) is 0 Å². The summed E-state index contributed by atoms with van der Waals surface area (Å²) in [6.45, 7) is 2.20. The highest BCUT2D eigenvalue weighted by atomic mass is 31.1. The van der Waals surface area contributed by atoms with Crippen molar-refractivity contribution in [2.24, 2.45) is 0 Å². The van der Waals surface area contributed by atoms with Crippen molar-refractivity contribution in [3.8, 4) is 5.75 Å². The molecule has 0 radical (unpaired) electrons. The van der Waals surface area contributed by atoms with E-state index in [-0.39, 0.29) is 8.41 Å². The van der Waals surface area contributed by atoms with Gasteiger partial charge in [0.15, 0.2) is 0 Å². The average molecular weight is 334 g/mol. The van der Waals surface area contributed by atoms with Gasteiger partial charge in [0, 0.05) is 6.16 Å². The average Bonchev–Trinajstić information content (AvgIpc) is 2.61. The molecule has 1 atom stereocenters. The molecule has 0 heterocycles. The number of rotatable bonds is 5. The lowest BCUT2D eigenvalue weighted by molar-refractivity contribution is 0.411. The number of hydrogen-bond acceptors (Lipinski definition) is 1. The van der Waals surface area contributed by atoms with Crippen LogP contribution in [0, 0.1) is 6.92 Å². The van der Waals surface area contributed by atoms with Gasteiger partial charge in [0.2, 0.25) is 0 Å². The SMILES string of the molecule is B.COc1ccccc1CP(c1ccccc1)c1ccccc1C. The van der Waals surface area contributed by atoms with Crippen LogP contribution in [0.5, 0.6) is 5.75 Å². The molecule has 3 aromatic rings. The first-order chi connectivity index (χ1) is 11.3. The highest BCUT2D eigenvalue weighted by Gasteiger charge is 2.17. The minimum atomic E-state index is -0.450. The highest BCUT2D eigenvalue weighted by molar-refractivity contribution is 7.72. The molecule has 122 valence electrons. The van der Waals surface area contributed by atoms with E-state index < -0.39 is 7.92 Å². The van der Waals surface area contributed by atoms with E-state index in [4.69, 9.17) is 4.74 Å². The highest BCUT2D eigenvalue weighted by Crippen LogP contribution is 2.40. The predicted octanol–water partition coefficient (Wildman–Crippen LogP) is 3.45. The Kier molecular flexibility index (Phi) is 6.64. The summed E-state index contributed by atoms with van der Waals surface area (Å²) >= 11 is 0. The fourth-order valence-corrected chi connectivity index (χ4v) is 5.33. The van der Waals surface area contributed by atoms with E-state index in [1.54, 1.807) is 7.11 Å². The third-order valence-corrected chi connectivity index (χ3v) is 6.66. The molecule has 0 aliphatic heterocycles. The maximum absolute atomic E-state index is 5.56. The first-order valence-electron chi connectivity index (χ1n) is 7.79. The second kappa shape index (κ2) is 8.71. The van der Waals surface area contributed by atoms with Crippen LogP contribution in [0.15, 0.2) is 78.9 Å². The van der Waals surface area contributed by atoms with Crippen LogP contribution in [0.1, 0.15) is 11.1 Å². The minimum absolute atomic E-state index is 0. The van der Waals surface area contributed by atoms with Gasteiger partial charge in [-0.3, -0.25) is 0 Å². The number of methoxy groups -OCH3 is 1. The standard InChI is InChI=1S/C21H21OP.BH3/c1-17-10-6-9-15-21(17)23(19-12-4-3-5-13-19)16-18-11-7-8-14-20(18)22-2;/h3-15H,16H2,1-2H3;1H3. The molecular weight excluding hydrogens is 310 g/mol. The monoisotopic (exact) mass is 334 g/mol. The maximum atomic E-state index is 5.56. The van der Waals surface area contributed by atoms with Gasteiger partial charge in [-0.15, -0.1) is 0 Å². The van der Waals surface area contributed by atoms with Crippen molar-refractivity contribution >= 4 is 26.9 Å². The molecule has 0 spiro atoms. The molecule has 3 aromatic carbocycles. The zero-order chi connectivity index (χ0) is 16.1. The van der Waals surface area contributed by atoms with Gasteiger partial charge in [0.25, 0.3) is 0 Å². The fourth-order valence-electron chi connectivity index (χ4n) is 2.79. The van der Waals surface area contributed by atoms with Gasteiger partial charge in [-0.2, -0.15) is 0 Å². The van der Waals surface area contributed by atoms with Gasteiger partial charge in [-0.25, -0.2) is 0 Å². The van der Waals surface area contributed by atoms with Crippen LogP contribution < -0.4 is 15.3 Å². The zero-order valence-electron chi connectivity index (χ0n) is 13.6. The largest absolute Gasteiger partial charge is 0.496 e. The molecular formula is C21H24BOP. The van der Waals surface area contributed by atoms with Gasteiger partial charge < -0.3 is 4.74 Å². The van der Waals surface area contributed by atoms with E-state index >= 15 is 0 Å². The van der Waals surface area contributed by atoms with Gasteiger partial charge in [-0.1, -0.05) is 72.8 Å². The smallest absolute Gasteiger partial charge is 0.122 e. The topological polar surface area (TPSA) is 9.23 Å². The van der Waals surface area contributed by atoms with Crippen LogP contribution in [-0.4, -0.2) is 15.5 Å². The summed E-state index contributed by atoms with van der Waals surface area (Å²) in [7, 11) is 1.30. The molecule has 0 saturated heterocycles. The number of para-hydroxylation sites is 1. The summed E-state index contributed by atoms with van der Waals surface area (Å²) in [4.78, 5) is 0. The van der Waals surface area contributed by atoms with Crippen molar-refractivity contribution in [3.05, 3.63) is 90.0 Å². The van der Waals surface area contributed by atoms with E-state index in [0.29, 0.717) is 0 Å². The number of benzene rings is 3. The molecule has 0 saturated carbocycles. The molecule has 0 fully saturated rings. The molecule has 0 aliphatic rings. The molecule has 1 unspecified atom stereocenters. The first kappa shape index (κ1) is 18.3. The third kappa shape index (κ3) is 4.07. The van der Waals surface area contributed by atoms with Crippen molar-refractivity contribution in [1.29, 1.82) is 0 Å². The molecule has 0 amide bonds. The predicted molar refractivity (Wildman–Crippen MR) is 110 cm³/mol. The van der Waals surface area contributed by atoms with Crippen molar-refractivity contribution in [2.75, 3.05) is 7.11 Å². The Bertz CT molecular complexity index is 774. The Morgan fingerprint density at radius 3 is 2.12 bits per heavy atom. The summed E-state index contributed by atoms with van der Waals surface area (Å²) in [6, 6.07) is 27.9. The van der Waals surface area contributed by atoms with E-state index in [9.17, 15) is 0 Å². The van der Waals surface area contributed by atoms with Gasteiger partial charge in [-0.05, 0) is 42.6 Å². The molecule has 0 N–H and O–H groups in total. The molecule has 0 aliphatic carbocycles. The van der Waals surface area contributed by atoms with E-state index in [2.05, 4.69) is 73.7 Å². The van der Waals surface area contributed by atoms with Gasteiger partial charge in [0.05, 0.1) is 15.5 Å². The molecule has 0 aromatic heterocycles. The normalized spacial score (nSPS) is 11.4. The number of aryl methyl sites for hydroxylation is 1. The van der Waals surface area contributed by atoms with Gasteiger partial charge in [0.1, 0.15) is 5.75 Å². The Morgan fingerprint density at radius 2 is 1.42 bits per heavy atom. The second-order valence-corrected chi connectivity index (χ2v) is 7.69. The van der Waals surface area contributed by atoms with Crippen molar-refractivity contribution in [1.82, 2.24) is 0 Å². The van der Waals surface area contributed by atoms with Crippen LogP contribution in [0.25, 0.3) is 0 Å². The molecule has 1 nitrogen and oxygen atoms in total. The lowest BCUT2D eigenvalue weighted by Gasteiger charge is -2.22. The quantitative estimate of drug-likeness (QED) is 0.513. The fraction of sp³-hybridized carbons (Fsp3) is 0.143. The summed E-state index contributed by atoms with van der Waals surface area (Å²) < 4.78 is 5.56. The number of hydrogen-bond donors (Lipinski definition) is 0. The van der Waals surface area contributed by atoms with Crippen LogP contribution in [0.3, 0.4) is 0 Å². The Balaban J connectivity index is 0.00000208. The summed E-state index contributed by atoms with van der Waals surface area (Å²) in [5, 5.41) is 2.85. The first-order valence-corrected chi connectivity index (χ1v) is 9.32. The van der Waals surface area contributed by atoms with Crippen LogP contribution in [-0.2, 0) is 6.16 Å². The Morgan fingerprint density at radius 1 is 0.792 bits per heavy atom. The zero-order valence-corrected chi connectivity index (χ0v) is 14.5. The summed E-state index contributed by atoms with van der Waals surface area (Å²) in [6.07, 6.45) is 0.994. The lowest BCUT2D eigenvalue weighted by Crippen LogP contribution is -2.15. The van der Waals surface area contributed by atoms with E-state index in [1.807, 2.05) is 12.1 Å². The Labute approximate surface area is 148 Å². The second-order valence-electron chi connectivity index (χ2n) is 5.52. The minimum Gasteiger partial charge on any atom is -0.496 e. The molecule has 3 heteroatoms. The van der Waals surface area contributed by atoms with Gasteiger partial charge >= 0.3 is 0 Å². The summed E-state index contributed by atoms with van der Waals surface area (Å²) in [5.74, 6) is 0.976. The van der Waals surface area contributed by atoms with Crippen molar-refractivity contribution < 1.29 is 4.74 Å². The maximum Gasteiger partial charge on any atom is 0.122 e. The molecule has 24 heavy (non-hydrogen) atoms. The third-order valence-electron chi connectivity index (χ3n) is 4.00. The molecule has 3 rings (SSSR count). The lowest BCUT2D eigenvalue weighted by atomic mass is 10.2. The van der Waals surface area contributed by atoms with Crippen molar-refractivity contribution in [2.45, 2.75) is 13.1 Å².